The first-order chi connectivity index (χ1) is 12.3. The molecule has 25 heavy (non-hydrogen) atoms. The highest BCUT2D eigenvalue weighted by molar-refractivity contribution is 5.75. The molecule has 1 saturated heterocycles. The van der Waals surface area contributed by atoms with E-state index in [0.717, 1.165) is 49.3 Å². The molecule has 4 rings (SSSR count). The third kappa shape index (κ3) is 3.07. The van der Waals surface area contributed by atoms with Crippen molar-refractivity contribution in [2.75, 3.05) is 20.2 Å². The topological polar surface area (TPSA) is 50.3 Å². The van der Waals surface area contributed by atoms with Crippen LogP contribution in [-0.4, -0.2) is 34.7 Å². The van der Waals surface area contributed by atoms with Crippen molar-refractivity contribution < 1.29 is 4.74 Å². The predicted octanol–water partition coefficient (Wildman–Crippen LogP) is 3.18. The first-order valence-corrected chi connectivity index (χ1v) is 8.80. The summed E-state index contributed by atoms with van der Waals surface area (Å²) in [5.41, 5.74) is 3.15. The van der Waals surface area contributed by atoms with Crippen molar-refractivity contribution in [1.82, 2.24) is 14.5 Å². The molecular weight excluding hydrogens is 314 g/mol. The maximum absolute atomic E-state index is 12.4. The smallest absolute Gasteiger partial charge is 0.326 e. The summed E-state index contributed by atoms with van der Waals surface area (Å²) in [7, 11) is 1.72. The van der Waals surface area contributed by atoms with Gasteiger partial charge in [-0.05, 0) is 31.0 Å². The van der Waals surface area contributed by atoms with E-state index < -0.39 is 0 Å². The van der Waals surface area contributed by atoms with Crippen LogP contribution in [0, 0.1) is 0 Å². The number of aromatic amines is 1. The molecule has 0 atom stereocenters. The maximum Gasteiger partial charge on any atom is 0.326 e. The molecule has 3 aromatic rings. The first kappa shape index (κ1) is 16.0. The number of nitrogens with one attached hydrogen (secondary N) is 1. The number of nitrogens with zero attached hydrogens (tertiary/aromatic N) is 2. The second kappa shape index (κ2) is 6.76. The van der Waals surface area contributed by atoms with E-state index in [-0.39, 0.29) is 11.7 Å². The normalized spacial score (nSPS) is 16.4. The molecule has 0 unspecified atom stereocenters. The number of hydrogen-bond donors (Lipinski definition) is 1. The van der Waals surface area contributed by atoms with Crippen LogP contribution >= 0.6 is 0 Å². The summed E-state index contributed by atoms with van der Waals surface area (Å²) in [5, 5.41) is 0. The lowest BCUT2D eigenvalue weighted by atomic mass is 10.0. The van der Waals surface area contributed by atoms with Crippen LogP contribution in [-0.2, 0) is 6.54 Å². The Hall–Kier alpha value is -2.53. The molecule has 1 aromatic heterocycles. The molecule has 1 fully saturated rings. The fourth-order valence-corrected chi connectivity index (χ4v) is 3.85. The monoisotopic (exact) mass is 337 g/mol. The van der Waals surface area contributed by atoms with Crippen LogP contribution in [0.25, 0.3) is 11.0 Å². The fourth-order valence-electron chi connectivity index (χ4n) is 3.85. The molecule has 0 aliphatic carbocycles. The number of ether oxygens (including phenoxy) is 1. The largest absolute Gasteiger partial charge is 0.496 e. The molecule has 0 amide bonds. The van der Waals surface area contributed by atoms with E-state index >= 15 is 0 Å². The van der Waals surface area contributed by atoms with E-state index in [2.05, 4.69) is 22.0 Å². The summed E-state index contributed by atoms with van der Waals surface area (Å²) in [6.45, 7) is 2.85. The number of para-hydroxylation sites is 3. The van der Waals surface area contributed by atoms with E-state index in [4.69, 9.17) is 4.74 Å². The number of methoxy groups -OCH3 is 1. The molecule has 1 N–H and O–H groups in total. The summed E-state index contributed by atoms with van der Waals surface area (Å²) in [6.07, 6.45) is 1.97. The summed E-state index contributed by atoms with van der Waals surface area (Å²) >= 11 is 0. The zero-order valence-electron chi connectivity index (χ0n) is 14.4. The van der Waals surface area contributed by atoms with Crippen LogP contribution in [0.5, 0.6) is 5.75 Å². The predicted molar refractivity (Wildman–Crippen MR) is 99.1 cm³/mol. The zero-order valence-corrected chi connectivity index (χ0v) is 14.4. The molecule has 0 bridgehead atoms. The van der Waals surface area contributed by atoms with Gasteiger partial charge >= 0.3 is 5.69 Å². The molecule has 0 spiro atoms. The van der Waals surface area contributed by atoms with Crippen LogP contribution in [0.2, 0.25) is 0 Å². The summed E-state index contributed by atoms with van der Waals surface area (Å²) in [6, 6.07) is 16.4. The molecule has 1 aliphatic rings. The van der Waals surface area contributed by atoms with Gasteiger partial charge in [0.15, 0.2) is 0 Å². The first-order valence-electron chi connectivity index (χ1n) is 8.80. The van der Waals surface area contributed by atoms with Gasteiger partial charge in [-0.25, -0.2) is 4.79 Å². The number of fused-ring (bicyclic) bond motifs is 1. The third-order valence-electron chi connectivity index (χ3n) is 5.13. The van der Waals surface area contributed by atoms with Crippen molar-refractivity contribution in [3.8, 4) is 5.75 Å². The van der Waals surface area contributed by atoms with Gasteiger partial charge < -0.3 is 9.72 Å². The quantitative estimate of drug-likeness (QED) is 0.795. The lowest BCUT2D eigenvalue weighted by Crippen LogP contribution is -2.36. The molecule has 0 radical (unpaired) electrons. The highest BCUT2D eigenvalue weighted by Crippen LogP contribution is 2.27. The van der Waals surface area contributed by atoms with E-state index in [1.165, 1.54) is 5.56 Å². The second-order valence-electron chi connectivity index (χ2n) is 6.64. The Kier molecular flexibility index (Phi) is 4.32. The minimum Gasteiger partial charge on any atom is -0.496 e. The van der Waals surface area contributed by atoms with Gasteiger partial charge in [-0.3, -0.25) is 9.47 Å². The van der Waals surface area contributed by atoms with Crippen molar-refractivity contribution in [2.24, 2.45) is 0 Å². The molecule has 2 aromatic carbocycles. The number of H-pyrrole nitrogens is 1. The minimum absolute atomic E-state index is 0.00405. The number of rotatable bonds is 4. The summed E-state index contributed by atoms with van der Waals surface area (Å²) in [5.74, 6) is 0.942. The van der Waals surface area contributed by atoms with E-state index in [9.17, 15) is 4.79 Å². The standard InChI is InChI=1S/C20H23N3O2/c1-25-19-9-5-2-6-15(19)14-22-12-10-16(11-13-22)23-18-8-4-3-7-17(18)21-20(23)24/h2-9,16H,10-14H2,1H3,(H,21,24). The van der Waals surface area contributed by atoms with Crippen molar-refractivity contribution in [2.45, 2.75) is 25.4 Å². The number of benzene rings is 2. The Morgan fingerprint density at radius 3 is 2.60 bits per heavy atom. The van der Waals surface area contributed by atoms with Gasteiger partial charge in [0.1, 0.15) is 5.75 Å². The number of aromatic nitrogens is 2. The third-order valence-corrected chi connectivity index (χ3v) is 5.13. The van der Waals surface area contributed by atoms with Gasteiger partial charge in [0.2, 0.25) is 0 Å². The molecule has 1 aliphatic heterocycles. The highest BCUT2D eigenvalue weighted by atomic mass is 16.5. The Morgan fingerprint density at radius 2 is 1.80 bits per heavy atom. The minimum atomic E-state index is 0.00405. The van der Waals surface area contributed by atoms with Crippen molar-refractivity contribution >= 4 is 11.0 Å². The Balaban J connectivity index is 1.48. The molecule has 5 heteroatoms. The molecule has 5 nitrogen and oxygen atoms in total. The number of hydrogen-bond acceptors (Lipinski definition) is 3. The molecule has 2 heterocycles. The van der Waals surface area contributed by atoms with Crippen LogP contribution in [0.4, 0.5) is 0 Å². The zero-order chi connectivity index (χ0) is 17.2. The van der Waals surface area contributed by atoms with E-state index in [0.29, 0.717) is 0 Å². The fraction of sp³-hybridized carbons (Fsp3) is 0.350. The molecule has 0 saturated carbocycles. The average Bonchev–Trinajstić information content (AvgIpc) is 2.99. The van der Waals surface area contributed by atoms with E-state index in [1.807, 2.05) is 41.0 Å². The molecular formula is C20H23N3O2. The number of imidazole rings is 1. The van der Waals surface area contributed by atoms with Crippen LogP contribution < -0.4 is 10.4 Å². The Bertz CT molecular complexity index is 920. The highest BCUT2D eigenvalue weighted by Gasteiger charge is 2.23. The SMILES string of the molecule is COc1ccccc1CN1CCC(n2c(=O)[nH]c3ccccc32)CC1. The van der Waals surface area contributed by atoms with Crippen LogP contribution in [0.15, 0.2) is 53.3 Å². The Morgan fingerprint density at radius 1 is 1.08 bits per heavy atom. The van der Waals surface area contributed by atoms with Crippen molar-refractivity contribution in [1.29, 1.82) is 0 Å². The van der Waals surface area contributed by atoms with Crippen LogP contribution in [0.1, 0.15) is 24.4 Å². The Labute approximate surface area is 146 Å². The van der Waals surface area contributed by atoms with Gasteiger partial charge in [0.25, 0.3) is 0 Å². The molecule has 130 valence electrons. The van der Waals surface area contributed by atoms with Crippen LogP contribution in [0.3, 0.4) is 0 Å². The van der Waals surface area contributed by atoms with E-state index in [1.54, 1.807) is 7.11 Å². The van der Waals surface area contributed by atoms with Gasteiger partial charge in [0, 0.05) is 31.2 Å². The lowest BCUT2D eigenvalue weighted by Gasteiger charge is -2.32. The lowest BCUT2D eigenvalue weighted by molar-refractivity contribution is 0.178. The van der Waals surface area contributed by atoms with Gasteiger partial charge in [-0.15, -0.1) is 0 Å². The van der Waals surface area contributed by atoms with Gasteiger partial charge in [-0.2, -0.15) is 0 Å². The average molecular weight is 337 g/mol. The maximum atomic E-state index is 12.4. The summed E-state index contributed by atoms with van der Waals surface area (Å²) in [4.78, 5) is 17.8. The van der Waals surface area contributed by atoms with Gasteiger partial charge in [-0.1, -0.05) is 30.3 Å². The van der Waals surface area contributed by atoms with Crippen molar-refractivity contribution in [3.63, 3.8) is 0 Å². The van der Waals surface area contributed by atoms with Crippen molar-refractivity contribution in [3.05, 3.63) is 64.6 Å². The number of likely N-dealkylation sites (tertiary alicyclic amines) is 1. The van der Waals surface area contributed by atoms with Gasteiger partial charge in [0.05, 0.1) is 18.1 Å². The summed E-state index contributed by atoms with van der Waals surface area (Å²) < 4.78 is 7.39. The second-order valence-corrected chi connectivity index (χ2v) is 6.64. The number of piperidine rings is 1.